The summed E-state index contributed by atoms with van der Waals surface area (Å²) in [6, 6.07) is 10.5. The van der Waals surface area contributed by atoms with Gasteiger partial charge in [0.1, 0.15) is 11.9 Å². The van der Waals surface area contributed by atoms with Crippen LogP contribution in [0.25, 0.3) is 0 Å². The van der Waals surface area contributed by atoms with Gasteiger partial charge in [0.25, 0.3) is 0 Å². The number of hydrogen-bond donors (Lipinski definition) is 2. The van der Waals surface area contributed by atoms with Gasteiger partial charge in [-0.05, 0) is 37.1 Å². The summed E-state index contributed by atoms with van der Waals surface area (Å²) in [5.74, 6) is 0.639. The SMILES string of the molecule is Cc1nc(C(NS(=O)(=O)c2ccc(C)c(C(F)(F)F)c2)c2ccccc2)n[nH]1. The van der Waals surface area contributed by atoms with Gasteiger partial charge in [-0.1, -0.05) is 36.4 Å². The van der Waals surface area contributed by atoms with Crippen molar-refractivity contribution in [2.45, 2.75) is 31.0 Å². The zero-order chi connectivity index (χ0) is 20.5. The second-order valence-corrected chi connectivity index (χ2v) is 7.93. The molecule has 0 bridgehead atoms. The smallest absolute Gasteiger partial charge is 0.263 e. The molecule has 3 aromatic rings. The van der Waals surface area contributed by atoms with Crippen LogP contribution < -0.4 is 4.72 Å². The molecule has 2 N–H and O–H groups in total. The van der Waals surface area contributed by atoms with Crippen molar-refractivity contribution in [2.75, 3.05) is 0 Å². The van der Waals surface area contributed by atoms with Crippen LogP contribution in [0.5, 0.6) is 0 Å². The highest BCUT2D eigenvalue weighted by Crippen LogP contribution is 2.33. The molecular weight excluding hydrogens is 393 g/mol. The van der Waals surface area contributed by atoms with Gasteiger partial charge in [0, 0.05) is 0 Å². The maximum atomic E-state index is 13.2. The predicted molar refractivity (Wildman–Crippen MR) is 95.9 cm³/mol. The molecule has 0 aliphatic rings. The topological polar surface area (TPSA) is 87.7 Å². The molecular formula is C18H17F3N4O2S. The van der Waals surface area contributed by atoms with Crippen molar-refractivity contribution in [3.05, 3.63) is 76.9 Å². The molecule has 3 rings (SSSR count). The number of H-pyrrole nitrogens is 1. The predicted octanol–water partition coefficient (Wildman–Crippen LogP) is 3.51. The number of benzene rings is 2. The molecule has 6 nitrogen and oxygen atoms in total. The molecule has 2 aromatic carbocycles. The zero-order valence-corrected chi connectivity index (χ0v) is 15.8. The normalized spacial score (nSPS) is 13.5. The summed E-state index contributed by atoms with van der Waals surface area (Å²) in [6.45, 7) is 2.93. The Morgan fingerprint density at radius 3 is 2.32 bits per heavy atom. The van der Waals surface area contributed by atoms with Crippen molar-refractivity contribution in [1.29, 1.82) is 0 Å². The molecule has 1 heterocycles. The lowest BCUT2D eigenvalue weighted by atomic mass is 10.1. The van der Waals surface area contributed by atoms with Crippen LogP contribution in [0.3, 0.4) is 0 Å². The Balaban J connectivity index is 2.03. The minimum Gasteiger partial charge on any atom is -0.263 e. The fraction of sp³-hybridized carbons (Fsp3) is 0.222. The molecule has 0 aliphatic carbocycles. The van der Waals surface area contributed by atoms with Crippen molar-refractivity contribution in [2.24, 2.45) is 0 Å². The maximum Gasteiger partial charge on any atom is 0.416 e. The largest absolute Gasteiger partial charge is 0.416 e. The molecule has 1 unspecified atom stereocenters. The Morgan fingerprint density at radius 2 is 1.75 bits per heavy atom. The van der Waals surface area contributed by atoms with Gasteiger partial charge in [-0.3, -0.25) is 5.10 Å². The van der Waals surface area contributed by atoms with E-state index in [-0.39, 0.29) is 11.4 Å². The van der Waals surface area contributed by atoms with E-state index in [4.69, 9.17) is 0 Å². The zero-order valence-electron chi connectivity index (χ0n) is 14.9. The molecule has 0 saturated heterocycles. The van der Waals surface area contributed by atoms with E-state index in [2.05, 4.69) is 19.9 Å². The van der Waals surface area contributed by atoms with E-state index >= 15 is 0 Å². The van der Waals surface area contributed by atoms with Crippen LogP contribution in [0.4, 0.5) is 13.2 Å². The van der Waals surface area contributed by atoms with Crippen LogP contribution in [-0.2, 0) is 16.2 Å². The van der Waals surface area contributed by atoms with E-state index in [1.54, 1.807) is 37.3 Å². The van der Waals surface area contributed by atoms with Crippen LogP contribution in [-0.4, -0.2) is 23.6 Å². The van der Waals surface area contributed by atoms with Gasteiger partial charge < -0.3 is 0 Å². The van der Waals surface area contributed by atoms with Crippen molar-refractivity contribution in [1.82, 2.24) is 19.9 Å². The van der Waals surface area contributed by atoms with Gasteiger partial charge >= 0.3 is 6.18 Å². The fourth-order valence-electron chi connectivity index (χ4n) is 2.70. The van der Waals surface area contributed by atoms with Gasteiger partial charge in [-0.15, -0.1) is 0 Å². The second-order valence-electron chi connectivity index (χ2n) is 6.22. The van der Waals surface area contributed by atoms with Crippen molar-refractivity contribution in [3.63, 3.8) is 0 Å². The quantitative estimate of drug-likeness (QED) is 0.674. The summed E-state index contributed by atoms with van der Waals surface area (Å²) in [4.78, 5) is 3.68. The number of aryl methyl sites for hydroxylation is 2. The van der Waals surface area contributed by atoms with Crippen LogP contribution in [0, 0.1) is 13.8 Å². The first kappa shape index (κ1) is 20.0. The van der Waals surface area contributed by atoms with Crippen LogP contribution >= 0.6 is 0 Å². The van der Waals surface area contributed by atoms with Gasteiger partial charge in [-0.25, -0.2) is 13.4 Å². The summed E-state index contributed by atoms with van der Waals surface area (Å²) in [6.07, 6.45) is -4.66. The monoisotopic (exact) mass is 410 g/mol. The molecule has 0 aliphatic heterocycles. The molecule has 0 spiro atoms. The molecule has 0 radical (unpaired) electrons. The van der Waals surface area contributed by atoms with Gasteiger partial charge in [-0.2, -0.15) is 23.0 Å². The van der Waals surface area contributed by atoms with E-state index in [0.717, 1.165) is 12.1 Å². The third kappa shape index (κ3) is 4.23. The average molecular weight is 410 g/mol. The molecule has 1 aromatic heterocycles. The first-order valence-electron chi connectivity index (χ1n) is 8.22. The van der Waals surface area contributed by atoms with E-state index in [1.807, 2.05) is 0 Å². The number of hydrogen-bond acceptors (Lipinski definition) is 4. The van der Waals surface area contributed by atoms with Crippen LogP contribution in [0.15, 0.2) is 53.4 Å². The number of halogens is 3. The van der Waals surface area contributed by atoms with Gasteiger partial charge in [0.2, 0.25) is 10.0 Å². The number of sulfonamides is 1. The van der Waals surface area contributed by atoms with Gasteiger partial charge in [0.05, 0.1) is 10.5 Å². The maximum absolute atomic E-state index is 13.2. The summed E-state index contributed by atoms with van der Waals surface area (Å²) < 4.78 is 67.6. The minimum atomic E-state index is -4.66. The lowest BCUT2D eigenvalue weighted by Gasteiger charge is -2.18. The molecule has 10 heteroatoms. The number of aromatic amines is 1. The molecule has 0 fully saturated rings. The van der Waals surface area contributed by atoms with Crippen molar-refractivity contribution in [3.8, 4) is 0 Å². The molecule has 1 atom stereocenters. The summed E-state index contributed by atoms with van der Waals surface area (Å²) in [7, 11) is -4.29. The Hall–Kier alpha value is -2.72. The molecule has 0 amide bonds. The lowest BCUT2D eigenvalue weighted by Crippen LogP contribution is -2.30. The standard InChI is InChI=1S/C18H17F3N4O2S/c1-11-8-9-14(10-15(11)18(19,20)21)28(26,27)25-16(13-6-4-3-5-7-13)17-22-12(2)23-24-17/h3-10,16,25H,1-2H3,(H,22,23,24). The fourth-order valence-corrected chi connectivity index (χ4v) is 3.91. The Kier molecular flexibility index (Phi) is 5.26. The molecule has 28 heavy (non-hydrogen) atoms. The number of rotatable bonds is 5. The van der Waals surface area contributed by atoms with Crippen molar-refractivity contribution >= 4 is 10.0 Å². The number of nitrogens with one attached hydrogen (secondary N) is 2. The first-order chi connectivity index (χ1) is 13.1. The number of nitrogens with zero attached hydrogens (tertiary/aromatic N) is 2. The highest BCUT2D eigenvalue weighted by Gasteiger charge is 2.34. The van der Waals surface area contributed by atoms with Gasteiger partial charge in [0.15, 0.2) is 5.82 Å². The third-order valence-electron chi connectivity index (χ3n) is 4.10. The van der Waals surface area contributed by atoms with Crippen LogP contribution in [0.2, 0.25) is 0 Å². The van der Waals surface area contributed by atoms with Crippen molar-refractivity contribution < 1.29 is 21.6 Å². The van der Waals surface area contributed by atoms with E-state index in [0.29, 0.717) is 17.5 Å². The Bertz CT molecular complexity index is 1080. The highest BCUT2D eigenvalue weighted by molar-refractivity contribution is 7.89. The summed E-state index contributed by atoms with van der Waals surface area (Å²) in [5, 5.41) is 6.63. The third-order valence-corrected chi connectivity index (χ3v) is 5.52. The number of alkyl halides is 3. The van der Waals surface area contributed by atoms with E-state index in [9.17, 15) is 21.6 Å². The Labute approximate surface area is 159 Å². The number of aromatic nitrogens is 3. The second kappa shape index (κ2) is 7.36. The molecule has 148 valence electrons. The first-order valence-corrected chi connectivity index (χ1v) is 9.70. The summed E-state index contributed by atoms with van der Waals surface area (Å²) in [5.41, 5.74) is -0.510. The van der Waals surface area contributed by atoms with E-state index < -0.39 is 32.7 Å². The summed E-state index contributed by atoms with van der Waals surface area (Å²) >= 11 is 0. The van der Waals surface area contributed by atoms with E-state index in [1.165, 1.54) is 6.92 Å². The molecule has 0 saturated carbocycles. The Morgan fingerprint density at radius 1 is 1.07 bits per heavy atom. The minimum absolute atomic E-state index is 0.0596. The lowest BCUT2D eigenvalue weighted by molar-refractivity contribution is -0.138. The highest BCUT2D eigenvalue weighted by atomic mass is 32.2. The van der Waals surface area contributed by atoms with Crippen LogP contribution in [0.1, 0.15) is 34.4 Å². The average Bonchev–Trinajstić information content (AvgIpc) is 3.06.